The van der Waals surface area contributed by atoms with Gasteiger partial charge in [-0.15, -0.1) is 0 Å². The van der Waals surface area contributed by atoms with Crippen molar-refractivity contribution in [3.8, 4) is 16.9 Å². The summed E-state index contributed by atoms with van der Waals surface area (Å²) in [6, 6.07) is 10.2. The molecule has 4 aromatic rings. The van der Waals surface area contributed by atoms with Gasteiger partial charge in [-0.2, -0.15) is 5.10 Å². The molecule has 0 aliphatic carbocycles. The molecule has 4 N–H and O–H groups in total. The molecule has 0 saturated carbocycles. The molecule has 0 bridgehead atoms. The Bertz CT molecular complexity index is 1200. The molecule has 3 aromatic heterocycles. The molecule has 8 nitrogen and oxygen atoms in total. The van der Waals surface area contributed by atoms with Crippen LogP contribution in [0, 0.1) is 0 Å². The Morgan fingerprint density at radius 3 is 2.77 bits per heavy atom. The molecule has 0 saturated heterocycles. The van der Waals surface area contributed by atoms with Crippen molar-refractivity contribution in [1.82, 2.24) is 25.5 Å². The summed E-state index contributed by atoms with van der Waals surface area (Å²) in [5, 5.41) is 18.8. The van der Waals surface area contributed by atoms with Gasteiger partial charge in [-0.25, -0.2) is 4.98 Å². The number of pyridine rings is 2. The van der Waals surface area contributed by atoms with E-state index in [1.165, 1.54) is 0 Å². The van der Waals surface area contributed by atoms with Crippen LogP contribution in [0.25, 0.3) is 22.2 Å². The number of hydrogen-bond acceptors (Lipinski definition) is 7. The lowest BCUT2D eigenvalue weighted by Gasteiger charge is -2.10. The Morgan fingerprint density at radius 1 is 1.03 bits per heavy atom. The Morgan fingerprint density at radius 2 is 1.90 bits per heavy atom. The van der Waals surface area contributed by atoms with E-state index in [1.54, 1.807) is 7.11 Å². The lowest BCUT2D eigenvalue weighted by atomic mass is 10.1. The molecule has 0 fully saturated rings. The third-order valence-electron chi connectivity index (χ3n) is 5.25. The average molecular weight is 401 g/mol. The maximum absolute atomic E-state index is 5.32. The van der Waals surface area contributed by atoms with Gasteiger partial charge in [0.2, 0.25) is 0 Å². The SMILES string of the molecule is CCNCc1cncc(-c2cnc3[nH]nc(C4Nc5ccc(OC)cc5N4)c3c2)c1. The number of aromatic nitrogens is 4. The minimum atomic E-state index is -0.156. The summed E-state index contributed by atoms with van der Waals surface area (Å²) in [5.74, 6) is 0.810. The lowest BCUT2D eigenvalue weighted by molar-refractivity contribution is 0.415. The van der Waals surface area contributed by atoms with Gasteiger partial charge in [0.25, 0.3) is 0 Å². The first-order chi connectivity index (χ1) is 14.7. The van der Waals surface area contributed by atoms with Crippen molar-refractivity contribution in [1.29, 1.82) is 0 Å². The first-order valence-electron chi connectivity index (χ1n) is 9.95. The highest BCUT2D eigenvalue weighted by molar-refractivity contribution is 5.86. The van der Waals surface area contributed by atoms with Gasteiger partial charge in [-0.3, -0.25) is 10.1 Å². The largest absolute Gasteiger partial charge is 0.497 e. The van der Waals surface area contributed by atoms with Crippen molar-refractivity contribution < 1.29 is 4.74 Å². The molecule has 1 unspecified atom stereocenters. The predicted octanol–water partition coefficient (Wildman–Crippen LogP) is 3.67. The fourth-order valence-corrected chi connectivity index (χ4v) is 3.69. The van der Waals surface area contributed by atoms with Crippen LogP contribution in [-0.2, 0) is 6.54 Å². The molecular weight excluding hydrogens is 378 g/mol. The number of benzene rings is 1. The molecule has 30 heavy (non-hydrogen) atoms. The maximum Gasteiger partial charge on any atom is 0.155 e. The van der Waals surface area contributed by atoms with E-state index in [9.17, 15) is 0 Å². The Balaban J connectivity index is 1.47. The molecule has 5 rings (SSSR count). The van der Waals surface area contributed by atoms with Gasteiger partial charge in [0, 0.05) is 47.7 Å². The van der Waals surface area contributed by atoms with Gasteiger partial charge in [-0.1, -0.05) is 6.92 Å². The molecule has 0 spiro atoms. The third kappa shape index (κ3) is 3.31. The van der Waals surface area contributed by atoms with Crippen LogP contribution < -0.4 is 20.7 Å². The van der Waals surface area contributed by atoms with Gasteiger partial charge in [0.05, 0.1) is 18.5 Å². The van der Waals surface area contributed by atoms with E-state index in [-0.39, 0.29) is 6.17 Å². The molecule has 1 aliphatic heterocycles. The second-order valence-corrected chi connectivity index (χ2v) is 7.22. The van der Waals surface area contributed by atoms with Crippen molar-refractivity contribution in [3.63, 3.8) is 0 Å². The van der Waals surface area contributed by atoms with E-state index < -0.39 is 0 Å². The first kappa shape index (κ1) is 18.4. The highest BCUT2D eigenvalue weighted by Gasteiger charge is 2.25. The van der Waals surface area contributed by atoms with Crippen LogP contribution in [0.4, 0.5) is 11.4 Å². The normalized spacial score (nSPS) is 14.9. The van der Waals surface area contributed by atoms with Crippen LogP contribution >= 0.6 is 0 Å². The zero-order chi connectivity index (χ0) is 20.5. The summed E-state index contributed by atoms with van der Waals surface area (Å²) in [6.07, 6.45) is 5.45. The number of anilines is 2. The Kier molecular flexibility index (Phi) is 4.68. The molecule has 152 valence electrons. The number of hydrogen-bond donors (Lipinski definition) is 4. The van der Waals surface area contributed by atoms with E-state index >= 15 is 0 Å². The summed E-state index contributed by atoms with van der Waals surface area (Å²) < 4.78 is 5.32. The molecule has 8 heteroatoms. The van der Waals surface area contributed by atoms with Crippen molar-refractivity contribution >= 4 is 22.4 Å². The van der Waals surface area contributed by atoms with Crippen LogP contribution in [0.3, 0.4) is 0 Å². The minimum absolute atomic E-state index is 0.156. The standard InChI is InChI=1S/C22H23N7O/c1-3-23-9-13-6-14(11-24-10-13)15-7-17-20(28-29-21(17)25-12-15)22-26-18-5-4-16(30-2)8-19(18)27-22/h4-8,10-12,22-23,26-27H,3,9H2,1-2H3,(H,25,28,29). The Labute approximate surface area is 174 Å². The third-order valence-corrected chi connectivity index (χ3v) is 5.25. The van der Waals surface area contributed by atoms with E-state index in [0.29, 0.717) is 0 Å². The zero-order valence-electron chi connectivity index (χ0n) is 16.9. The number of nitrogens with zero attached hydrogens (tertiary/aromatic N) is 3. The Hall–Kier alpha value is -3.65. The van der Waals surface area contributed by atoms with Crippen molar-refractivity contribution in [3.05, 3.63) is 60.2 Å². The van der Waals surface area contributed by atoms with Gasteiger partial charge < -0.3 is 20.7 Å². The highest BCUT2D eigenvalue weighted by Crippen LogP contribution is 2.38. The summed E-state index contributed by atoms with van der Waals surface area (Å²) in [4.78, 5) is 8.98. The van der Waals surface area contributed by atoms with E-state index in [4.69, 9.17) is 4.74 Å². The van der Waals surface area contributed by atoms with Crippen LogP contribution in [0.2, 0.25) is 0 Å². The van der Waals surface area contributed by atoms with Crippen LogP contribution in [-0.4, -0.2) is 33.8 Å². The number of H-pyrrole nitrogens is 1. The fourth-order valence-electron chi connectivity index (χ4n) is 3.69. The van der Waals surface area contributed by atoms with E-state index in [0.717, 1.165) is 63.6 Å². The first-order valence-corrected chi connectivity index (χ1v) is 9.95. The van der Waals surface area contributed by atoms with Crippen molar-refractivity contribution in [2.75, 3.05) is 24.3 Å². The quantitative estimate of drug-likeness (QED) is 0.391. The second kappa shape index (κ2) is 7.64. The molecule has 1 atom stereocenters. The number of fused-ring (bicyclic) bond motifs is 2. The van der Waals surface area contributed by atoms with E-state index in [1.807, 2.05) is 36.8 Å². The number of ether oxygens (including phenoxy) is 1. The monoisotopic (exact) mass is 401 g/mol. The molecular formula is C22H23N7O. The fraction of sp³-hybridized carbons (Fsp3) is 0.227. The van der Waals surface area contributed by atoms with Gasteiger partial charge in [0.1, 0.15) is 17.6 Å². The van der Waals surface area contributed by atoms with Crippen molar-refractivity contribution in [2.45, 2.75) is 19.6 Å². The van der Waals surface area contributed by atoms with Gasteiger partial charge >= 0.3 is 0 Å². The van der Waals surface area contributed by atoms with Crippen LogP contribution in [0.15, 0.2) is 48.9 Å². The smallest absolute Gasteiger partial charge is 0.155 e. The second-order valence-electron chi connectivity index (χ2n) is 7.22. The lowest BCUT2D eigenvalue weighted by Crippen LogP contribution is -2.13. The zero-order valence-corrected chi connectivity index (χ0v) is 16.9. The molecule has 1 aliphatic rings. The summed E-state index contributed by atoms with van der Waals surface area (Å²) in [7, 11) is 1.66. The van der Waals surface area contributed by atoms with Crippen molar-refractivity contribution in [2.24, 2.45) is 0 Å². The average Bonchev–Trinajstić information content (AvgIpc) is 3.40. The number of rotatable bonds is 6. The summed E-state index contributed by atoms with van der Waals surface area (Å²) in [6.45, 7) is 3.81. The molecule has 0 amide bonds. The molecule has 0 radical (unpaired) electrons. The number of aromatic amines is 1. The predicted molar refractivity (Wildman–Crippen MR) is 117 cm³/mol. The summed E-state index contributed by atoms with van der Waals surface area (Å²) >= 11 is 0. The highest BCUT2D eigenvalue weighted by atomic mass is 16.5. The topological polar surface area (TPSA) is 99.8 Å². The van der Waals surface area contributed by atoms with E-state index in [2.05, 4.69) is 55.2 Å². The maximum atomic E-state index is 5.32. The van der Waals surface area contributed by atoms with Gasteiger partial charge in [-0.05, 0) is 36.4 Å². The number of methoxy groups -OCH3 is 1. The van der Waals surface area contributed by atoms with Crippen LogP contribution in [0.1, 0.15) is 24.3 Å². The molecule has 4 heterocycles. The summed E-state index contributed by atoms with van der Waals surface area (Å²) in [5.41, 5.74) is 6.81. The van der Waals surface area contributed by atoms with Crippen LogP contribution in [0.5, 0.6) is 5.75 Å². The number of nitrogens with one attached hydrogen (secondary N) is 4. The van der Waals surface area contributed by atoms with Gasteiger partial charge in [0.15, 0.2) is 5.65 Å². The minimum Gasteiger partial charge on any atom is -0.497 e. The molecule has 1 aromatic carbocycles.